The first-order valence-corrected chi connectivity index (χ1v) is 4.55. The molecule has 1 atom stereocenters. The van der Waals surface area contributed by atoms with Crippen molar-refractivity contribution in [1.29, 1.82) is 0 Å². The Bertz CT molecular complexity index is 156. The topological polar surface area (TPSA) is 12.4 Å². The molecule has 1 aliphatic heterocycles. The zero-order chi connectivity index (χ0) is 8.16. The van der Waals surface area contributed by atoms with E-state index in [1.165, 1.54) is 25.7 Å². The molecular weight excluding hydrogens is 134 g/mol. The highest BCUT2D eigenvalue weighted by Crippen LogP contribution is 2.31. The standard InChI is InChI=1S/C10H17N/c1-3-5-6-10(4-2)7-8-11-9-10/h7-9H,3-6H2,1-2H3. The summed E-state index contributed by atoms with van der Waals surface area (Å²) in [5, 5.41) is 0. The summed E-state index contributed by atoms with van der Waals surface area (Å²) in [6.45, 7) is 4.47. The summed E-state index contributed by atoms with van der Waals surface area (Å²) in [7, 11) is 0. The van der Waals surface area contributed by atoms with Crippen LogP contribution in [-0.4, -0.2) is 6.21 Å². The van der Waals surface area contributed by atoms with Gasteiger partial charge in [0, 0.05) is 17.8 Å². The molecule has 0 bridgehead atoms. The minimum absolute atomic E-state index is 0.315. The molecular formula is C10H17N. The fourth-order valence-electron chi connectivity index (χ4n) is 1.47. The molecule has 0 amide bonds. The molecule has 0 aromatic rings. The van der Waals surface area contributed by atoms with E-state index in [4.69, 9.17) is 0 Å². The molecule has 1 heterocycles. The van der Waals surface area contributed by atoms with Gasteiger partial charge in [-0.1, -0.05) is 32.8 Å². The van der Waals surface area contributed by atoms with Gasteiger partial charge >= 0.3 is 0 Å². The van der Waals surface area contributed by atoms with Gasteiger partial charge in [-0.15, -0.1) is 0 Å². The molecule has 1 heteroatoms. The maximum absolute atomic E-state index is 4.16. The van der Waals surface area contributed by atoms with Gasteiger partial charge in [-0.3, -0.25) is 4.99 Å². The van der Waals surface area contributed by atoms with Gasteiger partial charge in [-0.05, 0) is 12.8 Å². The van der Waals surface area contributed by atoms with Crippen molar-refractivity contribution >= 4 is 6.21 Å². The van der Waals surface area contributed by atoms with Crippen LogP contribution in [-0.2, 0) is 0 Å². The summed E-state index contributed by atoms with van der Waals surface area (Å²) < 4.78 is 0. The Morgan fingerprint density at radius 2 is 2.18 bits per heavy atom. The van der Waals surface area contributed by atoms with Crippen molar-refractivity contribution in [2.75, 3.05) is 0 Å². The van der Waals surface area contributed by atoms with Crippen LogP contribution in [0.15, 0.2) is 17.3 Å². The second-order valence-corrected chi connectivity index (χ2v) is 3.28. The van der Waals surface area contributed by atoms with Crippen molar-refractivity contribution in [1.82, 2.24) is 0 Å². The lowest BCUT2D eigenvalue weighted by Crippen LogP contribution is -2.15. The van der Waals surface area contributed by atoms with E-state index < -0.39 is 0 Å². The van der Waals surface area contributed by atoms with E-state index in [2.05, 4.69) is 31.1 Å². The van der Waals surface area contributed by atoms with Crippen molar-refractivity contribution < 1.29 is 0 Å². The molecule has 1 aliphatic rings. The maximum Gasteiger partial charge on any atom is 0.0251 e. The van der Waals surface area contributed by atoms with E-state index in [-0.39, 0.29) is 0 Å². The third-order valence-corrected chi connectivity index (χ3v) is 2.48. The number of allylic oxidation sites excluding steroid dienone is 1. The molecule has 0 radical (unpaired) electrons. The fraction of sp³-hybridized carbons (Fsp3) is 0.700. The minimum Gasteiger partial charge on any atom is -0.268 e. The number of nitrogens with zero attached hydrogens (tertiary/aromatic N) is 1. The van der Waals surface area contributed by atoms with Crippen molar-refractivity contribution in [3.8, 4) is 0 Å². The van der Waals surface area contributed by atoms with Gasteiger partial charge in [0.05, 0.1) is 0 Å². The van der Waals surface area contributed by atoms with Crippen molar-refractivity contribution in [2.24, 2.45) is 10.4 Å². The minimum atomic E-state index is 0.315. The van der Waals surface area contributed by atoms with Gasteiger partial charge in [0.2, 0.25) is 0 Å². The van der Waals surface area contributed by atoms with Crippen LogP contribution in [0.1, 0.15) is 39.5 Å². The Morgan fingerprint density at radius 3 is 2.64 bits per heavy atom. The summed E-state index contributed by atoms with van der Waals surface area (Å²) in [5.41, 5.74) is 0.315. The van der Waals surface area contributed by atoms with Crippen molar-refractivity contribution in [3.63, 3.8) is 0 Å². The Balaban J connectivity index is 2.47. The summed E-state index contributed by atoms with van der Waals surface area (Å²) >= 11 is 0. The highest BCUT2D eigenvalue weighted by Gasteiger charge is 2.23. The van der Waals surface area contributed by atoms with Crippen molar-refractivity contribution in [2.45, 2.75) is 39.5 Å². The molecule has 0 fully saturated rings. The number of rotatable bonds is 4. The average molecular weight is 151 g/mol. The zero-order valence-corrected chi connectivity index (χ0v) is 7.51. The predicted molar refractivity (Wildman–Crippen MR) is 49.9 cm³/mol. The first kappa shape index (κ1) is 8.51. The molecule has 0 saturated heterocycles. The molecule has 0 aromatic heterocycles. The predicted octanol–water partition coefficient (Wildman–Crippen LogP) is 3.17. The van der Waals surface area contributed by atoms with Gasteiger partial charge in [0.15, 0.2) is 0 Å². The number of unbranched alkanes of at least 4 members (excludes halogenated alkanes) is 1. The summed E-state index contributed by atoms with van der Waals surface area (Å²) in [6.07, 6.45) is 11.3. The quantitative estimate of drug-likeness (QED) is 0.585. The first-order valence-electron chi connectivity index (χ1n) is 4.55. The smallest absolute Gasteiger partial charge is 0.0251 e. The lowest BCUT2D eigenvalue weighted by molar-refractivity contribution is 0.464. The van der Waals surface area contributed by atoms with Gasteiger partial charge in [0.1, 0.15) is 0 Å². The summed E-state index contributed by atoms with van der Waals surface area (Å²) in [4.78, 5) is 4.16. The van der Waals surface area contributed by atoms with E-state index in [1.807, 2.05) is 6.20 Å². The number of aliphatic imine (C=N–C) groups is 1. The summed E-state index contributed by atoms with van der Waals surface area (Å²) in [6, 6.07) is 0. The molecule has 1 nitrogen and oxygen atoms in total. The Kier molecular flexibility index (Phi) is 2.86. The van der Waals surface area contributed by atoms with Crippen LogP contribution in [0.5, 0.6) is 0 Å². The van der Waals surface area contributed by atoms with Crippen LogP contribution >= 0.6 is 0 Å². The van der Waals surface area contributed by atoms with Gasteiger partial charge in [0.25, 0.3) is 0 Å². The van der Waals surface area contributed by atoms with Crippen LogP contribution in [0.25, 0.3) is 0 Å². The monoisotopic (exact) mass is 151 g/mol. The van der Waals surface area contributed by atoms with Crippen LogP contribution in [0.3, 0.4) is 0 Å². The van der Waals surface area contributed by atoms with E-state index in [0.717, 1.165) is 0 Å². The van der Waals surface area contributed by atoms with Crippen LogP contribution < -0.4 is 0 Å². The van der Waals surface area contributed by atoms with E-state index in [1.54, 1.807) is 0 Å². The normalized spacial score (nSPS) is 28.2. The lowest BCUT2D eigenvalue weighted by Gasteiger charge is -2.21. The number of hydrogen-bond donors (Lipinski definition) is 0. The Morgan fingerprint density at radius 1 is 1.36 bits per heavy atom. The van der Waals surface area contributed by atoms with Crippen LogP contribution in [0.2, 0.25) is 0 Å². The Labute approximate surface area is 69.2 Å². The molecule has 0 aliphatic carbocycles. The molecule has 1 unspecified atom stereocenters. The third kappa shape index (κ3) is 1.92. The van der Waals surface area contributed by atoms with Crippen molar-refractivity contribution in [3.05, 3.63) is 12.3 Å². The Hall–Kier alpha value is -0.590. The largest absolute Gasteiger partial charge is 0.268 e. The molecule has 0 aromatic carbocycles. The molecule has 1 rings (SSSR count). The highest BCUT2D eigenvalue weighted by molar-refractivity contribution is 5.71. The van der Waals surface area contributed by atoms with E-state index >= 15 is 0 Å². The lowest BCUT2D eigenvalue weighted by atomic mass is 9.82. The van der Waals surface area contributed by atoms with E-state index in [9.17, 15) is 0 Å². The zero-order valence-electron chi connectivity index (χ0n) is 7.51. The molecule has 11 heavy (non-hydrogen) atoms. The molecule has 0 saturated carbocycles. The molecule has 0 N–H and O–H groups in total. The maximum atomic E-state index is 4.16. The molecule has 62 valence electrons. The average Bonchev–Trinajstić information content (AvgIpc) is 2.50. The fourth-order valence-corrected chi connectivity index (χ4v) is 1.47. The van der Waals surface area contributed by atoms with E-state index in [0.29, 0.717) is 5.41 Å². The van der Waals surface area contributed by atoms with Crippen LogP contribution in [0, 0.1) is 5.41 Å². The second kappa shape index (κ2) is 3.70. The molecule has 0 spiro atoms. The van der Waals surface area contributed by atoms with Gasteiger partial charge in [-0.25, -0.2) is 0 Å². The third-order valence-electron chi connectivity index (χ3n) is 2.48. The number of hydrogen-bond acceptors (Lipinski definition) is 1. The summed E-state index contributed by atoms with van der Waals surface area (Å²) in [5.74, 6) is 0. The SMILES string of the molecule is CCCCC1(CC)C=CN=C1. The van der Waals surface area contributed by atoms with Crippen LogP contribution in [0.4, 0.5) is 0 Å². The van der Waals surface area contributed by atoms with Gasteiger partial charge < -0.3 is 0 Å². The van der Waals surface area contributed by atoms with Gasteiger partial charge in [-0.2, -0.15) is 0 Å². The highest BCUT2D eigenvalue weighted by atomic mass is 14.7. The second-order valence-electron chi connectivity index (χ2n) is 3.28. The first-order chi connectivity index (χ1) is 5.33.